The molecule has 236 valence electrons. The number of nitrogens with zero attached hydrogens (tertiary/aromatic N) is 1. The van der Waals surface area contributed by atoms with E-state index in [1.54, 1.807) is 11.8 Å². The summed E-state index contributed by atoms with van der Waals surface area (Å²) in [7, 11) is 0. The highest BCUT2D eigenvalue weighted by Gasteiger charge is 2.40. The van der Waals surface area contributed by atoms with Crippen molar-refractivity contribution in [2.75, 3.05) is 19.7 Å². The van der Waals surface area contributed by atoms with Gasteiger partial charge in [-0.25, -0.2) is 5.48 Å². The van der Waals surface area contributed by atoms with Crippen LogP contribution in [-0.4, -0.2) is 42.5 Å². The third-order valence-electron chi connectivity index (χ3n) is 8.31. The normalized spacial score (nSPS) is 24.0. The molecule has 3 atom stereocenters. The number of carbonyl (C=O) groups excluding carboxylic acids is 2. The minimum atomic E-state index is -4.96. The van der Waals surface area contributed by atoms with Crippen LogP contribution < -0.4 is 5.48 Å². The van der Waals surface area contributed by atoms with Crippen molar-refractivity contribution in [3.8, 4) is 0 Å². The van der Waals surface area contributed by atoms with Crippen LogP contribution in [0, 0.1) is 11.8 Å². The molecule has 4 rings (SSSR count). The Balaban J connectivity index is 1.48. The van der Waals surface area contributed by atoms with Crippen molar-refractivity contribution >= 4 is 11.8 Å². The number of hydrogen-bond donors (Lipinski definition) is 1. The number of piperidine rings is 1. The molecule has 1 aliphatic heterocycles. The maximum atomic E-state index is 13.5. The maximum absolute atomic E-state index is 13.5. The number of hydrogen-bond acceptors (Lipinski definition) is 4. The fraction of sp³-hybridized carbons (Fsp3) is 0.548. The van der Waals surface area contributed by atoms with Gasteiger partial charge in [0.25, 0.3) is 0 Å². The van der Waals surface area contributed by atoms with E-state index in [2.05, 4.69) is 5.48 Å². The molecule has 2 amide bonds. The summed E-state index contributed by atoms with van der Waals surface area (Å²) in [4.78, 5) is 32.5. The first-order valence-corrected chi connectivity index (χ1v) is 14.5. The van der Waals surface area contributed by atoms with Gasteiger partial charge >= 0.3 is 12.4 Å². The van der Waals surface area contributed by atoms with Gasteiger partial charge in [-0.3, -0.25) is 14.4 Å². The van der Waals surface area contributed by atoms with Crippen LogP contribution >= 0.6 is 0 Å². The van der Waals surface area contributed by atoms with Crippen LogP contribution in [0.4, 0.5) is 26.3 Å². The second kappa shape index (κ2) is 13.7. The first-order chi connectivity index (χ1) is 20.3. The van der Waals surface area contributed by atoms with E-state index in [4.69, 9.17) is 9.57 Å². The predicted molar refractivity (Wildman–Crippen MR) is 145 cm³/mol. The Labute approximate surface area is 246 Å². The Kier molecular flexibility index (Phi) is 10.4. The van der Waals surface area contributed by atoms with E-state index in [0.29, 0.717) is 63.9 Å². The Morgan fingerprint density at radius 1 is 0.907 bits per heavy atom. The summed E-state index contributed by atoms with van der Waals surface area (Å²) in [6, 6.07) is 10.7. The van der Waals surface area contributed by atoms with Crippen molar-refractivity contribution < 1.29 is 45.5 Å². The average molecular weight is 615 g/mol. The zero-order chi connectivity index (χ0) is 31.4. The first kappa shape index (κ1) is 32.8. The van der Waals surface area contributed by atoms with Crippen LogP contribution in [0.3, 0.4) is 0 Å². The molecular weight excluding hydrogens is 578 g/mol. The van der Waals surface area contributed by atoms with Gasteiger partial charge in [0.15, 0.2) is 0 Å². The van der Waals surface area contributed by atoms with Crippen molar-refractivity contribution in [1.82, 2.24) is 10.4 Å². The van der Waals surface area contributed by atoms with Gasteiger partial charge in [-0.15, -0.1) is 0 Å². The van der Waals surface area contributed by atoms with Crippen LogP contribution in [0.2, 0.25) is 0 Å². The third-order valence-corrected chi connectivity index (χ3v) is 8.31. The molecule has 2 fully saturated rings. The monoisotopic (exact) mass is 614 g/mol. The Bertz CT molecular complexity index is 1210. The van der Waals surface area contributed by atoms with Gasteiger partial charge in [0.1, 0.15) is 0 Å². The highest BCUT2D eigenvalue weighted by atomic mass is 19.4. The molecule has 0 bridgehead atoms. The highest BCUT2D eigenvalue weighted by molar-refractivity contribution is 5.81. The zero-order valence-corrected chi connectivity index (χ0v) is 24.0. The molecule has 0 spiro atoms. The molecular formula is C31H36F6N2O4. The number of benzene rings is 2. The fourth-order valence-electron chi connectivity index (χ4n) is 5.96. The molecule has 12 heteroatoms. The van der Waals surface area contributed by atoms with Gasteiger partial charge in [-0.2, -0.15) is 26.3 Å². The Morgan fingerprint density at radius 2 is 1.49 bits per heavy atom. The first-order valence-electron chi connectivity index (χ1n) is 14.5. The minimum Gasteiger partial charge on any atom is -0.370 e. The number of hydroxylamine groups is 1. The molecule has 1 heterocycles. The standard InChI is InChI=1S/C31H36F6N2O4/c1-3-42-38-28(40)21-9-11-22(12-10-21)29(41)39-14-13-27(26(18-39)20-7-5-4-6-8-20)43-19(2)23-15-24(30(32,33)34)17-25(16-23)31(35,36)37/h4-8,15-17,19,21-22,26-27H,3,9-14,18H2,1-2H3,(H,38,40)/t19-,21?,22?,26+,27+/m1/s1. The van der Waals surface area contributed by atoms with E-state index >= 15 is 0 Å². The van der Waals surface area contributed by atoms with Crippen molar-refractivity contribution in [2.45, 2.75) is 76.4 Å². The van der Waals surface area contributed by atoms with E-state index in [-0.39, 0.29) is 41.2 Å². The summed E-state index contributed by atoms with van der Waals surface area (Å²) in [6.45, 7) is 4.19. The third kappa shape index (κ3) is 8.29. The Hall–Kier alpha value is -3.12. The summed E-state index contributed by atoms with van der Waals surface area (Å²) in [5, 5.41) is 0. The predicted octanol–water partition coefficient (Wildman–Crippen LogP) is 7.06. The van der Waals surface area contributed by atoms with Gasteiger partial charge in [-0.05, 0) is 75.3 Å². The van der Waals surface area contributed by atoms with Crippen molar-refractivity contribution in [3.05, 3.63) is 70.8 Å². The summed E-state index contributed by atoms with van der Waals surface area (Å²) in [5.41, 5.74) is 0.276. The number of alkyl halides is 6. The molecule has 2 aliphatic rings. The summed E-state index contributed by atoms with van der Waals surface area (Å²) in [5.74, 6) is -1.02. The Morgan fingerprint density at radius 3 is 2.05 bits per heavy atom. The lowest BCUT2D eigenvalue weighted by atomic mass is 9.80. The van der Waals surface area contributed by atoms with Crippen molar-refractivity contribution in [3.63, 3.8) is 0 Å². The molecule has 43 heavy (non-hydrogen) atoms. The van der Waals surface area contributed by atoms with E-state index < -0.39 is 35.7 Å². The van der Waals surface area contributed by atoms with Crippen LogP contribution in [0.1, 0.15) is 80.2 Å². The van der Waals surface area contributed by atoms with Crippen molar-refractivity contribution in [2.24, 2.45) is 11.8 Å². The molecule has 0 unspecified atom stereocenters. The highest BCUT2D eigenvalue weighted by Crippen LogP contribution is 2.40. The molecule has 1 saturated carbocycles. The quantitative estimate of drug-likeness (QED) is 0.256. The largest absolute Gasteiger partial charge is 0.416 e. The number of ether oxygens (including phenoxy) is 1. The van der Waals surface area contributed by atoms with Gasteiger partial charge in [0.05, 0.1) is 29.9 Å². The number of amides is 2. The number of nitrogens with one attached hydrogen (secondary N) is 1. The average Bonchev–Trinajstić information content (AvgIpc) is 2.99. The molecule has 2 aromatic rings. The summed E-state index contributed by atoms with van der Waals surface area (Å²) in [6.07, 6.45) is -8.94. The van der Waals surface area contributed by atoms with E-state index in [9.17, 15) is 35.9 Å². The molecule has 0 aromatic heterocycles. The second-order valence-electron chi connectivity index (χ2n) is 11.2. The summed E-state index contributed by atoms with van der Waals surface area (Å²) < 4.78 is 86.9. The molecule has 1 aliphatic carbocycles. The van der Waals surface area contributed by atoms with Gasteiger partial charge in [0.2, 0.25) is 11.8 Å². The molecule has 1 saturated heterocycles. The van der Waals surface area contributed by atoms with E-state index in [1.165, 1.54) is 6.92 Å². The van der Waals surface area contributed by atoms with Crippen LogP contribution in [0.5, 0.6) is 0 Å². The number of carbonyl (C=O) groups is 2. The van der Waals surface area contributed by atoms with Crippen LogP contribution in [-0.2, 0) is 31.5 Å². The van der Waals surface area contributed by atoms with Gasteiger partial charge < -0.3 is 9.64 Å². The van der Waals surface area contributed by atoms with E-state index in [0.717, 1.165) is 5.56 Å². The number of likely N-dealkylation sites (tertiary alicyclic amines) is 1. The molecule has 1 N–H and O–H groups in total. The molecule has 6 nitrogen and oxygen atoms in total. The van der Waals surface area contributed by atoms with Crippen molar-refractivity contribution in [1.29, 1.82) is 0 Å². The smallest absolute Gasteiger partial charge is 0.370 e. The minimum absolute atomic E-state index is 0.0243. The van der Waals surface area contributed by atoms with Crippen LogP contribution in [0.15, 0.2) is 48.5 Å². The summed E-state index contributed by atoms with van der Waals surface area (Å²) >= 11 is 0. The lowest BCUT2D eigenvalue weighted by Gasteiger charge is -2.41. The topological polar surface area (TPSA) is 67.9 Å². The molecule has 0 radical (unpaired) electrons. The number of halogens is 6. The van der Waals surface area contributed by atoms with E-state index in [1.807, 2.05) is 30.3 Å². The lowest BCUT2D eigenvalue weighted by molar-refractivity contribution is -0.144. The number of rotatable bonds is 8. The van der Waals surface area contributed by atoms with Gasteiger partial charge in [0, 0.05) is 30.8 Å². The second-order valence-corrected chi connectivity index (χ2v) is 11.2. The zero-order valence-electron chi connectivity index (χ0n) is 24.0. The SMILES string of the molecule is CCONC(=O)C1CCC(C(=O)N2CC[C@H](O[C@H](C)c3cc(C(F)(F)F)cc(C(F)(F)F)c3)[C@H](c3ccccc3)C2)CC1. The maximum Gasteiger partial charge on any atom is 0.416 e. The van der Waals surface area contributed by atoms with Gasteiger partial charge in [-0.1, -0.05) is 30.3 Å². The van der Waals surface area contributed by atoms with Crippen LogP contribution in [0.25, 0.3) is 0 Å². The molecule has 2 aromatic carbocycles. The fourth-order valence-corrected chi connectivity index (χ4v) is 5.96. The lowest BCUT2D eigenvalue weighted by Crippen LogP contribution is -2.48.